The monoisotopic (exact) mass is 500 g/mol. The standard InChI is InChI=1S/C28H28N4O5/c1-18-25(27(34)31-21-11-7-4-8-12-21)26(32-28(35)30-18)20-13-14-22(23(15-20)36-2)37-17-24(33)29-16-19-9-5-3-6-10-19/h3-15,26H,16-17H2,1-2H3,(H,29,33)(H,31,34)(H2,30,32,35). The number of hydrogen-bond acceptors (Lipinski definition) is 5. The molecular weight excluding hydrogens is 472 g/mol. The van der Waals surface area contributed by atoms with E-state index in [-0.39, 0.29) is 18.4 Å². The van der Waals surface area contributed by atoms with Crippen LogP contribution in [0, 0.1) is 0 Å². The molecule has 4 rings (SSSR count). The van der Waals surface area contributed by atoms with Gasteiger partial charge in [-0.05, 0) is 42.3 Å². The van der Waals surface area contributed by atoms with Gasteiger partial charge in [-0.1, -0.05) is 54.6 Å². The molecule has 0 spiro atoms. The number of hydrogen-bond donors (Lipinski definition) is 4. The number of benzene rings is 3. The summed E-state index contributed by atoms with van der Waals surface area (Å²) in [6.45, 7) is 1.87. The molecule has 37 heavy (non-hydrogen) atoms. The maximum atomic E-state index is 13.2. The Hall–Kier alpha value is -4.79. The van der Waals surface area contributed by atoms with Crippen LogP contribution < -0.4 is 30.7 Å². The molecule has 9 heteroatoms. The number of methoxy groups -OCH3 is 1. The highest BCUT2D eigenvalue weighted by Gasteiger charge is 2.32. The van der Waals surface area contributed by atoms with E-state index in [9.17, 15) is 14.4 Å². The van der Waals surface area contributed by atoms with Crippen molar-refractivity contribution in [3.8, 4) is 11.5 Å². The zero-order valence-corrected chi connectivity index (χ0v) is 20.5. The predicted octanol–water partition coefficient (Wildman–Crippen LogP) is 3.66. The third-order valence-electron chi connectivity index (χ3n) is 5.76. The number of nitrogens with one attached hydrogen (secondary N) is 4. The van der Waals surface area contributed by atoms with Gasteiger partial charge in [0.2, 0.25) is 0 Å². The second-order valence-electron chi connectivity index (χ2n) is 8.35. The van der Waals surface area contributed by atoms with E-state index in [2.05, 4.69) is 21.3 Å². The summed E-state index contributed by atoms with van der Waals surface area (Å²) in [5, 5.41) is 11.1. The van der Waals surface area contributed by atoms with Gasteiger partial charge < -0.3 is 30.7 Å². The first-order valence-corrected chi connectivity index (χ1v) is 11.7. The van der Waals surface area contributed by atoms with Crippen molar-refractivity contribution in [2.45, 2.75) is 19.5 Å². The van der Waals surface area contributed by atoms with E-state index in [0.29, 0.717) is 40.6 Å². The molecule has 0 saturated heterocycles. The van der Waals surface area contributed by atoms with Crippen molar-refractivity contribution in [2.24, 2.45) is 0 Å². The lowest BCUT2D eigenvalue weighted by Gasteiger charge is -2.29. The van der Waals surface area contributed by atoms with Gasteiger partial charge in [0.05, 0.1) is 18.7 Å². The first-order chi connectivity index (χ1) is 17.9. The van der Waals surface area contributed by atoms with Crippen LogP contribution in [-0.2, 0) is 16.1 Å². The summed E-state index contributed by atoms with van der Waals surface area (Å²) in [6, 6.07) is 22.5. The Bertz CT molecular complexity index is 1310. The van der Waals surface area contributed by atoms with E-state index in [1.165, 1.54) is 7.11 Å². The van der Waals surface area contributed by atoms with Crippen molar-refractivity contribution in [2.75, 3.05) is 19.0 Å². The van der Waals surface area contributed by atoms with Crippen molar-refractivity contribution in [3.63, 3.8) is 0 Å². The predicted molar refractivity (Wildman–Crippen MR) is 139 cm³/mol. The summed E-state index contributed by atoms with van der Waals surface area (Å²) >= 11 is 0. The summed E-state index contributed by atoms with van der Waals surface area (Å²) in [6.07, 6.45) is 0. The lowest BCUT2D eigenvalue weighted by Crippen LogP contribution is -2.46. The van der Waals surface area contributed by atoms with E-state index >= 15 is 0 Å². The number of carbonyl (C=O) groups is 3. The van der Waals surface area contributed by atoms with Crippen LogP contribution in [0.3, 0.4) is 0 Å². The summed E-state index contributed by atoms with van der Waals surface area (Å²) in [7, 11) is 1.48. The molecule has 0 radical (unpaired) electrons. The van der Waals surface area contributed by atoms with Gasteiger partial charge in [0.15, 0.2) is 18.1 Å². The van der Waals surface area contributed by atoms with Gasteiger partial charge in [0.1, 0.15) is 0 Å². The Morgan fingerprint density at radius 1 is 0.946 bits per heavy atom. The van der Waals surface area contributed by atoms with Crippen molar-refractivity contribution >= 4 is 23.5 Å². The summed E-state index contributed by atoms with van der Waals surface area (Å²) in [4.78, 5) is 37.7. The molecule has 3 aromatic rings. The Morgan fingerprint density at radius 2 is 1.65 bits per heavy atom. The zero-order chi connectivity index (χ0) is 26.2. The number of para-hydroxylation sites is 1. The van der Waals surface area contributed by atoms with Crippen LogP contribution in [0.2, 0.25) is 0 Å². The average Bonchev–Trinajstić information content (AvgIpc) is 2.91. The highest BCUT2D eigenvalue weighted by Crippen LogP contribution is 2.34. The average molecular weight is 501 g/mol. The minimum absolute atomic E-state index is 0.198. The van der Waals surface area contributed by atoms with Gasteiger partial charge in [-0.3, -0.25) is 9.59 Å². The fraction of sp³-hybridized carbons (Fsp3) is 0.179. The van der Waals surface area contributed by atoms with Crippen LogP contribution >= 0.6 is 0 Å². The Kier molecular flexibility index (Phi) is 8.05. The fourth-order valence-corrected chi connectivity index (χ4v) is 3.94. The van der Waals surface area contributed by atoms with Crippen LogP contribution in [0.25, 0.3) is 0 Å². The molecule has 1 aliphatic rings. The minimum Gasteiger partial charge on any atom is -0.493 e. The van der Waals surface area contributed by atoms with Crippen LogP contribution in [0.4, 0.5) is 10.5 Å². The van der Waals surface area contributed by atoms with Crippen molar-refractivity contribution < 1.29 is 23.9 Å². The number of rotatable bonds is 9. The molecule has 0 fully saturated rings. The third kappa shape index (κ3) is 6.46. The van der Waals surface area contributed by atoms with Gasteiger partial charge in [-0.15, -0.1) is 0 Å². The molecule has 9 nitrogen and oxygen atoms in total. The maximum absolute atomic E-state index is 13.2. The fourth-order valence-electron chi connectivity index (χ4n) is 3.94. The molecule has 1 atom stereocenters. The summed E-state index contributed by atoms with van der Waals surface area (Å²) in [5.74, 6) is 0.0913. The Labute approximate surface area is 214 Å². The molecule has 1 heterocycles. The Morgan fingerprint density at radius 3 is 2.35 bits per heavy atom. The third-order valence-corrected chi connectivity index (χ3v) is 5.76. The molecular formula is C28H28N4O5. The van der Waals surface area contributed by atoms with Crippen molar-refractivity contribution in [1.82, 2.24) is 16.0 Å². The van der Waals surface area contributed by atoms with Gasteiger partial charge in [-0.25, -0.2) is 4.79 Å². The van der Waals surface area contributed by atoms with Crippen LogP contribution in [0.1, 0.15) is 24.1 Å². The maximum Gasteiger partial charge on any atom is 0.319 e. The van der Waals surface area contributed by atoms with Gasteiger partial charge >= 0.3 is 6.03 Å². The molecule has 0 aromatic heterocycles. The highest BCUT2D eigenvalue weighted by atomic mass is 16.5. The molecule has 190 valence electrons. The number of amides is 4. The molecule has 4 amide bonds. The van der Waals surface area contributed by atoms with Crippen molar-refractivity contribution in [1.29, 1.82) is 0 Å². The molecule has 1 aliphatic heterocycles. The second-order valence-corrected chi connectivity index (χ2v) is 8.35. The number of anilines is 1. The van der Waals surface area contributed by atoms with E-state index < -0.39 is 12.1 Å². The first kappa shape index (κ1) is 25.3. The smallest absolute Gasteiger partial charge is 0.319 e. The Balaban J connectivity index is 1.48. The number of carbonyl (C=O) groups excluding carboxylic acids is 3. The normalized spacial score (nSPS) is 14.8. The lowest BCUT2D eigenvalue weighted by atomic mass is 9.94. The molecule has 4 N–H and O–H groups in total. The molecule has 1 unspecified atom stereocenters. The SMILES string of the molecule is COc1cc(C2NC(=O)NC(C)=C2C(=O)Nc2ccccc2)ccc1OCC(=O)NCc1ccccc1. The molecule has 0 saturated carbocycles. The zero-order valence-electron chi connectivity index (χ0n) is 20.5. The minimum atomic E-state index is -0.727. The topological polar surface area (TPSA) is 118 Å². The number of ether oxygens (including phenoxy) is 2. The van der Waals surface area contributed by atoms with Gasteiger partial charge in [0.25, 0.3) is 11.8 Å². The van der Waals surface area contributed by atoms with Gasteiger partial charge in [0, 0.05) is 17.9 Å². The lowest BCUT2D eigenvalue weighted by molar-refractivity contribution is -0.123. The van der Waals surface area contributed by atoms with Crippen LogP contribution in [0.5, 0.6) is 11.5 Å². The van der Waals surface area contributed by atoms with Crippen LogP contribution in [0.15, 0.2) is 90.1 Å². The largest absolute Gasteiger partial charge is 0.493 e. The van der Waals surface area contributed by atoms with Crippen molar-refractivity contribution in [3.05, 3.63) is 101 Å². The van der Waals surface area contributed by atoms with Crippen LogP contribution in [-0.4, -0.2) is 31.6 Å². The summed E-state index contributed by atoms with van der Waals surface area (Å²) in [5.41, 5.74) is 3.04. The van der Waals surface area contributed by atoms with Gasteiger partial charge in [-0.2, -0.15) is 0 Å². The second kappa shape index (κ2) is 11.8. The first-order valence-electron chi connectivity index (χ1n) is 11.7. The molecule has 3 aromatic carbocycles. The number of allylic oxidation sites excluding steroid dienone is 1. The quantitative estimate of drug-likeness (QED) is 0.358. The van der Waals surface area contributed by atoms with E-state index in [4.69, 9.17) is 9.47 Å². The van der Waals surface area contributed by atoms with E-state index in [1.807, 2.05) is 48.5 Å². The molecule has 0 aliphatic carbocycles. The summed E-state index contributed by atoms with van der Waals surface area (Å²) < 4.78 is 11.2. The highest BCUT2D eigenvalue weighted by molar-refractivity contribution is 6.06. The molecule has 0 bridgehead atoms. The van der Waals surface area contributed by atoms with E-state index in [0.717, 1.165) is 5.56 Å². The number of urea groups is 1. The van der Waals surface area contributed by atoms with E-state index in [1.54, 1.807) is 37.3 Å².